The maximum atomic E-state index is 5.53. The van der Waals surface area contributed by atoms with E-state index in [9.17, 15) is 0 Å². The molecule has 2 aliphatic heterocycles. The van der Waals surface area contributed by atoms with Crippen molar-refractivity contribution in [3.05, 3.63) is 30.1 Å². The summed E-state index contributed by atoms with van der Waals surface area (Å²) in [6.07, 6.45) is 6.20. The molecule has 0 radical (unpaired) electrons. The summed E-state index contributed by atoms with van der Waals surface area (Å²) < 4.78 is 5.53. The van der Waals surface area contributed by atoms with Crippen molar-refractivity contribution in [1.29, 1.82) is 0 Å². The zero-order valence-corrected chi connectivity index (χ0v) is 11.4. The average Bonchev–Trinajstić information content (AvgIpc) is 2.51. The van der Waals surface area contributed by atoms with Gasteiger partial charge < -0.3 is 10.1 Å². The zero-order valence-electron chi connectivity index (χ0n) is 11.4. The molecule has 0 spiro atoms. The fraction of sp³-hybridized carbons (Fsp3) is 0.667. The first-order chi connectivity index (χ1) is 9.45. The first-order valence-corrected chi connectivity index (χ1v) is 7.37. The number of hydrogen-bond donors (Lipinski definition) is 1. The Bertz CT molecular complexity index is 354. The number of ether oxygens (including phenoxy) is 1. The molecule has 0 bridgehead atoms. The Hall–Kier alpha value is -0.970. The lowest BCUT2D eigenvalue weighted by Crippen LogP contribution is -2.47. The molecule has 1 aromatic heterocycles. The van der Waals surface area contributed by atoms with E-state index in [-0.39, 0.29) is 0 Å². The van der Waals surface area contributed by atoms with Crippen molar-refractivity contribution < 1.29 is 4.74 Å². The highest BCUT2D eigenvalue weighted by atomic mass is 16.5. The lowest BCUT2D eigenvalue weighted by molar-refractivity contribution is 0.0213. The molecule has 2 fully saturated rings. The van der Waals surface area contributed by atoms with E-state index in [2.05, 4.69) is 27.3 Å². The van der Waals surface area contributed by atoms with E-state index in [1.807, 2.05) is 12.4 Å². The van der Waals surface area contributed by atoms with Gasteiger partial charge in [-0.15, -0.1) is 0 Å². The highest BCUT2D eigenvalue weighted by Crippen LogP contribution is 2.34. The molecule has 104 valence electrons. The van der Waals surface area contributed by atoms with Crippen LogP contribution in [0.2, 0.25) is 0 Å². The van der Waals surface area contributed by atoms with Gasteiger partial charge in [-0.2, -0.15) is 0 Å². The van der Waals surface area contributed by atoms with Crippen LogP contribution in [0.5, 0.6) is 0 Å². The number of pyridine rings is 1. The second-order valence-electron chi connectivity index (χ2n) is 5.46. The van der Waals surface area contributed by atoms with E-state index >= 15 is 0 Å². The van der Waals surface area contributed by atoms with E-state index in [1.165, 1.54) is 18.4 Å². The van der Waals surface area contributed by atoms with Gasteiger partial charge in [0.15, 0.2) is 0 Å². The smallest absolute Gasteiger partial charge is 0.0469 e. The van der Waals surface area contributed by atoms with Crippen LogP contribution in [0.25, 0.3) is 0 Å². The third kappa shape index (κ3) is 3.14. The summed E-state index contributed by atoms with van der Waals surface area (Å²) in [5.74, 6) is 0.717. The van der Waals surface area contributed by atoms with Crippen molar-refractivity contribution >= 4 is 0 Å². The van der Waals surface area contributed by atoms with Gasteiger partial charge >= 0.3 is 0 Å². The second kappa shape index (κ2) is 6.46. The van der Waals surface area contributed by atoms with Crippen molar-refractivity contribution in [2.24, 2.45) is 5.92 Å². The van der Waals surface area contributed by atoms with E-state index in [1.54, 1.807) is 0 Å². The molecule has 1 aromatic rings. The summed E-state index contributed by atoms with van der Waals surface area (Å²) >= 11 is 0. The number of nitrogens with zero attached hydrogens (tertiary/aromatic N) is 2. The van der Waals surface area contributed by atoms with Crippen LogP contribution in [-0.4, -0.2) is 49.3 Å². The molecule has 0 aromatic carbocycles. The summed E-state index contributed by atoms with van der Waals surface area (Å²) in [4.78, 5) is 6.80. The fourth-order valence-electron chi connectivity index (χ4n) is 3.33. The predicted octanol–water partition coefficient (Wildman–Crippen LogP) is 1.45. The van der Waals surface area contributed by atoms with Crippen LogP contribution < -0.4 is 5.32 Å². The fourth-order valence-corrected chi connectivity index (χ4v) is 3.33. The van der Waals surface area contributed by atoms with E-state index in [0.29, 0.717) is 12.0 Å². The number of hydrogen-bond acceptors (Lipinski definition) is 4. The van der Waals surface area contributed by atoms with Crippen molar-refractivity contribution in [1.82, 2.24) is 15.2 Å². The summed E-state index contributed by atoms with van der Waals surface area (Å²) in [7, 11) is 0. The van der Waals surface area contributed by atoms with Crippen molar-refractivity contribution in [2.45, 2.75) is 18.9 Å². The van der Waals surface area contributed by atoms with Gasteiger partial charge in [0.1, 0.15) is 0 Å². The zero-order chi connectivity index (χ0) is 12.9. The van der Waals surface area contributed by atoms with Crippen molar-refractivity contribution in [3.8, 4) is 0 Å². The lowest BCUT2D eigenvalue weighted by Gasteiger charge is -2.41. The highest BCUT2D eigenvalue weighted by Gasteiger charge is 2.30. The molecule has 1 N–H and O–H groups in total. The SMILES string of the molecule is c1cc([C@H](C2CCOCC2)N2CCNCC2)ccn1. The topological polar surface area (TPSA) is 37.4 Å². The van der Waals surface area contributed by atoms with Gasteiger partial charge in [-0.1, -0.05) is 0 Å². The monoisotopic (exact) mass is 261 g/mol. The van der Waals surface area contributed by atoms with Crippen molar-refractivity contribution in [3.63, 3.8) is 0 Å². The Kier molecular flexibility index (Phi) is 4.43. The molecule has 3 heterocycles. The molecule has 1 atom stereocenters. The lowest BCUT2D eigenvalue weighted by atomic mass is 9.86. The summed E-state index contributed by atoms with van der Waals surface area (Å²) in [5.41, 5.74) is 1.42. The number of rotatable bonds is 3. The third-order valence-electron chi connectivity index (χ3n) is 4.31. The maximum Gasteiger partial charge on any atom is 0.0469 e. The molecule has 0 saturated carbocycles. The predicted molar refractivity (Wildman–Crippen MR) is 75.0 cm³/mol. The Morgan fingerprint density at radius 2 is 1.84 bits per heavy atom. The molecule has 2 aliphatic rings. The third-order valence-corrected chi connectivity index (χ3v) is 4.31. The van der Waals surface area contributed by atoms with Crippen LogP contribution in [-0.2, 0) is 4.74 Å². The van der Waals surface area contributed by atoms with Gasteiger partial charge in [0, 0.05) is 57.8 Å². The number of nitrogens with one attached hydrogen (secondary N) is 1. The molecule has 0 aliphatic carbocycles. The minimum atomic E-state index is 0.536. The minimum Gasteiger partial charge on any atom is -0.381 e. The molecule has 4 heteroatoms. The summed E-state index contributed by atoms with van der Waals surface area (Å²) in [6, 6.07) is 4.90. The van der Waals surface area contributed by atoms with Crippen LogP contribution >= 0.6 is 0 Å². The Labute approximate surface area is 115 Å². The molecule has 0 unspecified atom stereocenters. The van der Waals surface area contributed by atoms with E-state index in [0.717, 1.165) is 39.4 Å². The largest absolute Gasteiger partial charge is 0.381 e. The van der Waals surface area contributed by atoms with Crippen molar-refractivity contribution in [2.75, 3.05) is 39.4 Å². The molecule has 3 rings (SSSR count). The maximum absolute atomic E-state index is 5.53. The first kappa shape index (κ1) is 13.0. The molecule has 2 saturated heterocycles. The molecule has 0 amide bonds. The molecular formula is C15H23N3O. The quantitative estimate of drug-likeness (QED) is 0.894. The summed E-state index contributed by atoms with van der Waals surface area (Å²) in [6.45, 7) is 6.32. The normalized spacial score (nSPS) is 24.2. The van der Waals surface area contributed by atoms with Gasteiger partial charge in [-0.05, 0) is 36.5 Å². The Balaban J connectivity index is 1.81. The molecule has 4 nitrogen and oxygen atoms in total. The average molecular weight is 261 g/mol. The van der Waals surface area contributed by atoms with Gasteiger partial charge in [0.2, 0.25) is 0 Å². The van der Waals surface area contributed by atoms with Gasteiger partial charge in [-0.25, -0.2) is 0 Å². The van der Waals surface area contributed by atoms with Crippen LogP contribution in [0.15, 0.2) is 24.5 Å². The van der Waals surface area contributed by atoms with Crippen LogP contribution in [0, 0.1) is 5.92 Å². The van der Waals surface area contributed by atoms with Crippen LogP contribution in [0.3, 0.4) is 0 Å². The Morgan fingerprint density at radius 1 is 1.16 bits per heavy atom. The molecule has 19 heavy (non-hydrogen) atoms. The molecular weight excluding hydrogens is 238 g/mol. The van der Waals surface area contributed by atoms with Gasteiger partial charge in [0.25, 0.3) is 0 Å². The van der Waals surface area contributed by atoms with Gasteiger partial charge in [-0.3, -0.25) is 9.88 Å². The second-order valence-corrected chi connectivity index (χ2v) is 5.46. The van der Waals surface area contributed by atoms with Gasteiger partial charge in [0.05, 0.1) is 0 Å². The highest BCUT2D eigenvalue weighted by molar-refractivity contribution is 5.17. The Morgan fingerprint density at radius 3 is 2.53 bits per heavy atom. The summed E-state index contributed by atoms with van der Waals surface area (Å²) in [5, 5.41) is 3.45. The number of aromatic nitrogens is 1. The first-order valence-electron chi connectivity index (χ1n) is 7.37. The van der Waals surface area contributed by atoms with E-state index in [4.69, 9.17) is 4.74 Å². The van der Waals surface area contributed by atoms with Crippen LogP contribution in [0.4, 0.5) is 0 Å². The standard InChI is InChI=1S/C15H23N3O/c1-5-16-6-2-13(1)15(14-3-11-19-12-4-14)18-9-7-17-8-10-18/h1-2,5-6,14-15,17H,3-4,7-12H2/t15-/m1/s1. The minimum absolute atomic E-state index is 0.536. The number of piperazine rings is 1. The van der Waals surface area contributed by atoms with Crippen LogP contribution in [0.1, 0.15) is 24.4 Å². The van der Waals surface area contributed by atoms with E-state index < -0.39 is 0 Å².